The Hall–Kier alpha value is -0.710. The molecular formula is C16H25NO2S. The van der Waals surface area contributed by atoms with Gasteiger partial charge in [0.05, 0.1) is 6.61 Å². The van der Waals surface area contributed by atoms with Crippen LogP contribution in [0.25, 0.3) is 0 Å². The molecule has 1 atom stereocenters. The van der Waals surface area contributed by atoms with E-state index < -0.39 is 10.8 Å². The maximum Gasteiger partial charge on any atom is 0.0558 e. The Morgan fingerprint density at radius 1 is 1.20 bits per heavy atom. The lowest BCUT2D eigenvalue weighted by atomic mass is 9.94. The van der Waals surface area contributed by atoms with E-state index in [2.05, 4.69) is 17.0 Å². The molecule has 3 nitrogen and oxygen atoms in total. The molecule has 112 valence electrons. The van der Waals surface area contributed by atoms with Crippen LogP contribution in [-0.2, 0) is 17.3 Å². The zero-order valence-electron chi connectivity index (χ0n) is 12.3. The zero-order valence-corrected chi connectivity index (χ0v) is 13.1. The zero-order chi connectivity index (χ0) is 14.4. The van der Waals surface area contributed by atoms with Gasteiger partial charge in [-0.3, -0.25) is 9.11 Å². The summed E-state index contributed by atoms with van der Waals surface area (Å²) in [6, 6.07) is 8.62. The molecule has 0 saturated heterocycles. The topological polar surface area (TPSA) is 40.5 Å². The molecule has 0 bridgehead atoms. The number of benzene rings is 1. The monoisotopic (exact) mass is 295 g/mol. The summed E-state index contributed by atoms with van der Waals surface area (Å²) in [6.07, 6.45) is 8.16. The molecule has 4 heteroatoms. The molecule has 1 aliphatic carbocycles. The molecule has 1 aromatic carbocycles. The summed E-state index contributed by atoms with van der Waals surface area (Å²) in [6.45, 7) is 1.83. The molecule has 1 unspecified atom stereocenters. The summed E-state index contributed by atoms with van der Waals surface area (Å²) in [7, 11) is -0.911. The molecule has 0 spiro atoms. The van der Waals surface area contributed by atoms with Crippen molar-refractivity contribution >= 4 is 10.8 Å². The minimum absolute atomic E-state index is 0.216. The second kappa shape index (κ2) is 7.91. The van der Waals surface area contributed by atoms with Crippen LogP contribution in [0.4, 0.5) is 0 Å². The average molecular weight is 295 g/mol. The van der Waals surface area contributed by atoms with Gasteiger partial charge >= 0.3 is 0 Å². The van der Waals surface area contributed by atoms with E-state index in [4.69, 9.17) is 0 Å². The molecule has 1 N–H and O–H groups in total. The Bertz CT molecular complexity index is 427. The third-order valence-electron chi connectivity index (χ3n) is 4.12. The van der Waals surface area contributed by atoms with Gasteiger partial charge in [-0.25, -0.2) is 0 Å². The van der Waals surface area contributed by atoms with Gasteiger partial charge in [-0.2, -0.15) is 0 Å². The summed E-state index contributed by atoms with van der Waals surface area (Å²) in [5.74, 6) is 0. The average Bonchev–Trinajstić information content (AvgIpc) is 2.48. The van der Waals surface area contributed by atoms with Gasteiger partial charge in [-0.1, -0.05) is 31.4 Å². The summed E-state index contributed by atoms with van der Waals surface area (Å²) < 4.78 is 11.4. The van der Waals surface area contributed by atoms with Gasteiger partial charge in [0.15, 0.2) is 0 Å². The highest BCUT2D eigenvalue weighted by atomic mass is 32.2. The molecule has 0 amide bonds. The lowest BCUT2D eigenvalue weighted by Gasteiger charge is -2.34. The fourth-order valence-electron chi connectivity index (χ4n) is 2.99. The third kappa shape index (κ3) is 4.40. The molecule has 2 rings (SSSR count). The maximum absolute atomic E-state index is 11.4. The van der Waals surface area contributed by atoms with Crippen LogP contribution in [0.3, 0.4) is 0 Å². The standard InChI is InChI=1S/C16H25NO2S/c1-20(19)16-9-7-14(8-10-16)13-17(11-12-18)15-5-3-2-4-6-15/h7-10,15,18H,2-6,11-13H2,1H3. The highest BCUT2D eigenvalue weighted by Crippen LogP contribution is 2.24. The van der Waals surface area contributed by atoms with Crippen molar-refractivity contribution in [2.24, 2.45) is 0 Å². The third-order valence-corrected chi connectivity index (χ3v) is 5.06. The van der Waals surface area contributed by atoms with Crippen molar-refractivity contribution in [3.63, 3.8) is 0 Å². The minimum Gasteiger partial charge on any atom is -0.395 e. The predicted octanol–water partition coefficient (Wildman–Crippen LogP) is 2.55. The second-order valence-electron chi connectivity index (χ2n) is 5.58. The van der Waals surface area contributed by atoms with E-state index >= 15 is 0 Å². The van der Waals surface area contributed by atoms with E-state index in [9.17, 15) is 9.32 Å². The Morgan fingerprint density at radius 2 is 1.85 bits per heavy atom. The highest BCUT2D eigenvalue weighted by molar-refractivity contribution is 7.84. The molecule has 20 heavy (non-hydrogen) atoms. The normalized spacial score (nSPS) is 18.4. The first kappa shape index (κ1) is 15.7. The summed E-state index contributed by atoms with van der Waals surface area (Å²) in [5.41, 5.74) is 1.23. The van der Waals surface area contributed by atoms with Crippen molar-refractivity contribution in [2.75, 3.05) is 19.4 Å². The van der Waals surface area contributed by atoms with E-state index in [0.717, 1.165) is 18.0 Å². The first-order valence-corrected chi connectivity index (χ1v) is 9.04. The van der Waals surface area contributed by atoms with Crippen molar-refractivity contribution in [2.45, 2.75) is 49.6 Å². The van der Waals surface area contributed by atoms with E-state index in [1.54, 1.807) is 6.26 Å². The predicted molar refractivity (Wildman–Crippen MR) is 83.1 cm³/mol. The fraction of sp³-hybridized carbons (Fsp3) is 0.625. The van der Waals surface area contributed by atoms with Gasteiger partial charge in [-0.15, -0.1) is 0 Å². The molecule has 0 aromatic heterocycles. The van der Waals surface area contributed by atoms with E-state index in [1.807, 2.05) is 12.1 Å². The Kier molecular flexibility index (Phi) is 6.20. The number of rotatable bonds is 6. The number of aliphatic hydroxyl groups excluding tert-OH is 1. The first-order valence-electron chi connectivity index (χ1n) is 7.48. The molecule has 1 aromatic rings. The van der Waals surface area contributed by atoms with Crippen molar-refractivity contribution in [3.8, 4) is 0 Å². The Labute approximate surface area is 124 Å². The van der Waals surface area contributed by atoms with Crippen molar-refractivity contribution in [1.82, 2.24) is 4.90 Å². The lowest BCUT2D eigenvalue weighted by Crippen LogP contribution is -2.38. The molecule has 0 radical (unpaired) electrons. The van der Waals surface area contributed by atoms with E-state index in [0.29, 0.717) is 6.04 Å². The van der Waals surface area contributed by atoms with Gasteiger partial charge in [0.1, 0.15) is 0 Å². The van der Waals surface area contributed by atoms with E-state index in [1.165, 1.54) is 37.7 Å². The largest absolute Gasteiger partial charge is 0.395 e. The van der Waals surface area contributed by atoms with Gasteiger partial charge in [-0.05, 0) is 30.5 Å². The van der Waals surface area contributed by atoms with Gasteiger partial charge in [0.25, 0.3) is 0 Å². The molecule has 1 saturated carbocycles. The lowest BCUT2D eigenvalue weighted by molar-refractivity contribution is 0.117. The smallest absolute Gasteiger partial charge is 0.0558 e. The Morgan fingerprint density at radius 3 is 2.40 bits per heavy atom. The van der Waals surface area contributed by atoms with Gasteiger partial charge in [0, 0.05) is 41.1 Å². The van der Waals surface area contributed by atoms with Crippen LogP contribution in [0, 0.1) is 0 Å². The van der Waals surface area contributed by atoms with Gasteiger partial charge < -0.3 is 5.11 Å². The number of aliphatic hydroxyl groups is 1. The van der Waals surface area contributed by atoms with Crippen molar-refractivity contribution in [3.05, 3.63) is 29.8 Å². The summed E-state index contributed by atoms with van der Waals surface area (Å²) in [4.78, 5) is 3.27. The maximum atomic E-state index is 11.4. The molecule has 0 aliphatic heterocycles. The van der Waals surface area contributed by atoms with E-state index in [-0.39, 0.29) is 6.61 Å². The molecule has 0 heterocycles. The SMILES string of the molecule is CS(=O)c1ccc(CN(CCO)C2CCCCC2)cc1. The van der Waals surface area contributed by atoms with Crippen LogP contribution in [0.5, 0.6) is 0 Å². The van der Waals surface area contributed by atoms with Crippen LogP contribution >= 0.6 is 0 Å². The minimum atomic E-state index is -0.911. The van der Waals surface area contributed by atoms with Crippen LogP contribution < -0.4 is 0 Å². The summed E-state index contributed by atoms with van der Waals surface area (Å²) in [5, 5.41) is 9.28. The van der Waals surface area contributed by atoms with Crippen molar-refractivity contribution < 1.29 is 9.32 Å². The van der Waals surface area contributed by atoms with Crippen LogP contribution in [0.1, 0.15) is 37.7 Å². The molecular weight excluding hydrogens is 270 g/mol. The first-order chi connectivity index (χ1) is 9.70. The van der Waals surface area contributed by atoms with Gasteiger partial charge in [0.2, 0.25) is 0 Å². The fourth-order valence-corrected chi connectivity index (χ4v) is 3.51. The van der Waals surface area contributed by atoms with Crippen LogP contribution in [-0.4, -0.2) is 39.7 Å². The van der Waals surface area contributed by atoms with Crippen LogP contribution in [0.15, 0.2) is 29.2 Å². The Balaban J connectivity index is 2.01. The van der Waals surface area contributed by atoms with Crippen LogP contribution in [0.2, 0.25) is 0 Å². The number of hydrogen-bond donors (Lipinski definition) is 1. The highest BCUT2D eigenvalue weighted by Gasteiger charge is 2.20. The quantitative estimate of drug-likeness (QED) is 0.877. The molecule has 1 aliphatic rings. The number of hydrogen-bond acceptors (Lipinski definition) is 3. The number of nitrogens with zero attached hydrogens (tertiary/aromatic N) is 1. The second-order valence-corrected chi connectivity index (χ2v) is 6.96. The molecule has 1 fully saturated rings. The summed E-state index contributed by atoms with van der Waals surface area (Å²) >= 11 is 0. The van der Waals surface area contributed by atoms with Crippen molar-refractivity contribution in [1.29, 1.82) is 0 Å².